The zero-order valence-corrected chi connectivity index (χ0v) is 19.6. The van der Waals surface area contributed by atoms with Crippen LogP contribution in [-0.2, 0) is 27.7 Å². The molecule has 9 heteroatoms. The molecular formula is C23H29N3O5S. The van der Waals surface area contributed by atoms with Crippen molar-refractivity contribution in [2.24, 2.45) is 0 Å². The van der Waals surface area contributed by atoms with Crippen LogP contribution in [0, 0.1) is 17.0 Å². The number of hydrogen-bond acceptors (Lipinski definition) is 5. The third-order valence-corrected chi connectivity index (χ3v) is 7.19. The fourth-order valence-corrected chi connectivity index (χ4v) is 5.39. The van der Waals surface area contributed by atoms with Crippen molar-refractivity contribution in [2.45, 2.75) is 58.5 Å². The molecule has 1 N–H and O–H groups in total. The van der Waals surface area contributed by atoms with Gasteiger partial charge in [0.05, 0.1) is 22.9 Å². The van der Waals surface area contributed by atoms with E-state index in [1.54, 1.807) is 6.92 Å². The van der Waals surface area contributed by atoms with Crippen molar-refractivity contribution in [3.05, 3.63) is 68.8 Å². The zero-order valence-electron chi connectivity index (χ0n) is 18.8. The van der Waals surface area contributed by atoms with Crippen LogP contribution in [0.15, 0.2) is 36.4 Å². The lowest BCUT2D eigenvalue weighted by Gasteiger charge is -2.30. The Labute approximate surface area is 188 Å². The second-order valence-corrected chi connectivity index (χ2v) is 10.3. The second kappa shape index (κ2) is 9.28. The van der Waals surface area contributed by atoms with Crippen molar-refractivity contribution < 1.29 is 18.1 Å². The summed E-state index contributed by atoms with van der Waals surface area (Å²) in [4.78, 5) is 23.7. The molecule has 0 radical (unpaired) electrons. The number of hydrogen-bond donors (Lipinski definition) is 1. The Bertz CT molecular complexity index is 1150. The van der Waals surface area contributed by atoms with E-state index in [2.05, 4.69) is 17.4 Å². The number of benzene rings is 2. The predicted molar refractivity (Wildman–Crippen MR) is 124 cm³/mol. The minimum absolute atomic E-state index is 0.116. The molecule has 2 aromatic rings. The maximum absolute atomic E-state index is 13.1. The van der Waals surface area contributed by atoms with E-state index in [0.717, 1.165) is 35.4 Å². The van der Waals surface area contributed by atoms with Crippen LogP contribution in [0.5, 0.6) is 0 Å². The Hall–Kier alpha value is -2.94. The fraction of sp³-hybridized carbons (Fsp3) is 0.435. The van der Waals surface area contributed by atoms with Crippen LogP contribution in [0.4, 0.5) is 11.4 Å². The molecular weight excluding hydrogens is 430 g/mol. The number of carbonyl (C=O) groups excluding carboxylic acids is 1. The van der Waals surface area contributed by atoms with Gasteiger partial charge in [-0.1, -0.05) is 24.3 Å². The lowest BCUT2D eigenvalue weighted by atomic mass is 9.89. The van der Waals surface area contributed by atoms with E-state index in [1.165, 1.54) is 42.7 Å². The molecule has 0 spiro atoms. The maximum Gasteiger partial charge on any atom is 0.271 e. The first-order chi connectivity index (χ1) is 15.0. The molecule has 0 saturated heterocycles. The van der Waals surface area contributed by atoms with Crippen LogP contribution >= 0.6 is 0 Å². The summed E-state index contributed by atoms with van der Waals surface area (Å²) >= 11 is 0. The molecule has 0 bridgehead atoms. The van der Waals surface area contributed by atoms with Gasteiger partial charge in [0.2, 0.25) is 15.9 Å². The van der Waals surface area contributed by atoms with Gasteiger partial charge in [-0.3, -0.25) is 19.2 Å². The van der Waals surface area contributed by atoms with Crippen LogP contribution in [0.2, 0.25) is 0 Å². The molecule has 1 aliphatic rings. The number of rotatable bonds is 7. The quantitative estimate of drug-likeness (QED) is 0.500. The summed E-state index contributed by atoms with van der Waals surface area (Å²) < 4.78 is 26.2. The summed E-state index contributed by atoms with van der Waals surface area (Å²) in [7, 11) is -3.89. The Kier molecular flexibility index (Phi) is 6.88. The number of nitro groups is 1. The highest BCUT2D eigenvalue weighted by Gasteiger charge is 2.32. The normalized spacial score (nSPS) is 15.4. The average molecular weight is 460 g/mol. The van der Waals surface area contributed by atoms with Crippen LogP contribution in [0.3, 0.4) is 0 Å². The van der Waals surface area contributed by atoms with Gasteiger partial charge in [0, 0.05) is 12.1 Å². The third kappa shape index (κ3) is 5.09. The summed E-state index contributed by atoms with van der Waals surface area (Å²) in [6.45, 7) is 4.99. The van der Waals surface area contributed by atoms with Gasteiger partial charge in [0.15, 0.2) is 0 Å². The smallest absolute Gasteiger partial charge is 0.271 e. The summed E-state index contributed by atoms with van der Waals surface area (Å²) in [5.41, 5.74) is 4.00. The first kappa shape index (κ1) is 23.7. The minimum Gasteiger partial charge on any atom is -0.348 e. The van der Waals surface area contributed by atoms with E-state index >= 15 is 0 Å². The molecule has 0 saturated carbocycles. The zero-order chi connectivity index (χ0) is 23.6. The number of nitro benzene ring substituents is 1. The molecule has 0 fully saturated rings. The molecule has 1 amide bonds. The Morgan fingerprint density at radius 3 is 2.38 bits per heavy atom. The molecule has 2 aromatic carbocycles. The molecule has 0 heterocycles. The van der Waals surface area contributed by atoms with Crippen LogP contribution < -0.4 is 9.62 Å². The van der Waals surface area contributed by atoms with Gasteiger partial charge in [0.25, 0.3) is 5.69 Å². The van der Waals surface area contributed by atoms with Crippen molar-refractivity contribution in [3.63, 3.8) is 0 Å². The van der Waals surface area contributed by atoms with Crippen LogP contribution in [-0.4, -0.2) is 31.5 Å². The number of non-ortho nitro benzene ring substituents is 1. The van der Waals surface area contributed by atoms with Gasteiger partial charge >= 0.3 is 0 Å². The molecule has 0 aromatic heterocycles. The highest BCUT2D eigenvalue weighted by Crippen LogP contribution is 2.30. The van der Waals surface area contributed by atoms with Crippen LogP contribution in [0.25, 0.3) is 0 Å². The summed E-state index contributed by atoms with van der Waals surface area (Å²) in [6, 6.07) is 8.78. The molecule has 2 atom stereocenters. The first-order valence-electron chi connectivity index (χ1n) is 10.7. The number of amides is 1. The minimum atomic E-state index is -3.89. The van der Waals surface area contributed by atoms with E-state index < -0.39 is 26.9 Å². The third-order valence-electron chi connectivity index (χ3n) is 5.96. The highest BCUT2D eigenvalue weighted by atomic mass is 32.2. The summed E-state index contributed by atoms with van der Waals surface area (Å²) in [5.74, 6) is -0.480. The van der Waals surface area contributed by atoms with Crippen molar-refractivity contribution in [2.75, 3.05) is 10.6 Å². The number of anilines is 1. The lowest BCUT2D eigenvalue weighted by Crippen LogP contribution is -2.48. The van der Waals surface area contributed by atoms with Crippen molar-refractivity contribution in [1.29, 1.82) is 0 Å². The number of aryl methyl sites for hydroxylation is 3. The molecule has 3 rings (SSSR count). The Morgan fingerprint density at radius 2 is 1.75 bits per heavy atom. The van der Waals surface area contributed by atoms with Crippen LogP contribution in [0.1, 0.15) is 55.0 Å². The molecule has 172 valence electrons. The summed E-state index contributed by atoms with van der Waals surface area (Å²) in [6.07, 6.45) is 5.42. The number of nitrogens with zero attached hydrogens (tertiary/aromatic N) is 2. The van der Waals surface area contributed by atoms with E-state index in [4.69, 9.17) is 0 Å². The first-order valence-corrected chi connectivity index (χ1v) is 12.5. The van der Waals surface area contributed by atoms with Crippen molar-refractivity contribution >= 4 is 27.3 Å². The number of carbonyl (C=O) groups is 1. The highest BCUT2D eigenvalue weighted by molar-refractivity contribution is 7.92. The van der Waals surface area contributed by atoms with E-state index in [-0.39, 0.29) is 17.4 Å². The van der Waals surface area contributed by atoms with Gasteiger partial charge in [0.1, 0.15) is 6.04 Å². The Morgan fingerprint density at radius 1 is 1.09 bits per heavy atom. The molecule has 32 heavy (non-hydrogen) atoms. The predicted octanol–water partition coefficient (Wildman–Crippen LogP) is 3.81. The largest absolute Gasteiger partial charge is 0.348 e. The standard InChI is InChI=1S/C23H29N3O5S/c1-15-9-12-21(26(28)29)14-22(15)25(32(4,30)31)17(3)23(27)24-16(2)19-11-10-18-7-5-6-8-20(18)13-19/h9-14,16-17H,5-8H2,1-4H3,(H,24,27). The van der Waals surface area contributed by atoms with Crippen molar-refractivity contribution in [1.82, 2.24) is 5.32 Å². The lowest BCUT2D eigenvalue weighted by molar-refractivity contribution is -0.384. The Balaban J connectivity index is 1.86. The fourth-order valence-electron chi connectivity index (χ4n) is 4.17. The van der Waals surface area contributed by atoms with E-state index in [1.807, 2.05) is 13.0 Å². The molecule has 0 aliphatic heterocycles. The van der Waals surface area contributed by atoms with Gasteiger partial charge in [-0.05, 0) is 68.7 Å². The van der Waals surface area contributed by atoms with E-state index in [0.29, 0.717) is 5.56 Å². The van der Waals surface area contributed by atoms with Gasteiger partial charge in [-0.25, -0.2) is 8.42 Å². The average Bonchev–Trinajstić information content (AvgIpc) is 2.73. The maximum atomic E-state index is 13.1. The van der Waals surface area contributed by atoms with Gasteiger partial charge in [-0.15, -0.1) is 0 Å². The van der Waals surface area contributed by atoms with Gasteiger partial charge in [-0.2, -0.15) is 0 Å². The molecule has 2 unspecified atom stereocenters. The van der Waals surface area contributed by atoms with Crippen molar-refractivity contribution in [3.8, 4) is 0 Å². The number of fused-ring (bicyclic) bond motifs is 1. The molecule has 8 nitrogen and oxygen atoms in total. The SMILES string of the molecule is Cc1ccc([N+](=O)[O-])cc1N(C(C)C(=O)NC(C)c1ccc2c(c1)CCCC2)S(C)(=O)=O. The molecule has 1 aliphatic carbocycles. The number of sulfonamides is 1. The summed E-state index contributed by atoms with van der Waals surface area (Å²) in [5, 5.41) is 14.1. The monoisotopic (exact) mass is 459 g/mol. The topological polar surface area (TPSA) is 110 Å². The van der Waals surface area contributed by atoms with Gasteiger partial charge < -0.3 is 5.32 Å². The van der Waals surface area contributed by atoms with E-state index in [9.17, 15) is 23.3 Å². The second-order valence-electron chi connectivity index (χ2n) is 8.43. The number of nitrogens with one attached hydrogen (secondary N) is 1.